The van der Waals surface area contributed by atoms with Crippen LogP contribution in [-0.2, 0) is 13.0 Å². The number of nitrogens with zero attached hydrogens (tertiary/aromatic N) is 1. The van der Waals surface area contributed by atoms with E-state index in [2.05, 4.69) is 5.32 Å². The maximum Gasteiger partial charge on any atom is 0.250 e. The van der Waals surface area contributed by atoms with Gasteiger partial charge >= 0.3 is 0 Å². The highest BCUT2D eigenvalue weighted by molar-refractivity contribution is 5.11. The summed E-state index contributed by atoms with van der Waals surface area (Å²) in [7, 11) is 1.94. The molecule has 1 heterocycles. The Balaban J connectivity index is 2.62. The van der Waals surface area contributed by atoms with Gasteiger partial charge in [-0.15, -0.1) is 0 Å². The largest absolute Gasteiger partial charge is 0.320 e. The molecule has 0 saturated carbocycles. The van der Waals surface area contributed by atoms with Crippen LogP contribution in [0.25, 0.3) is 0 Å². The van der Waals surface area contributed by atoms with Gasteiger partial charge in [-0.1, -0.05) is 0 Å². The normalized spacial score (nSPS) is 10.4. The molecular weight excluding hydrogens is 176 g/mol. The van der Waals surface area contributed by atoms with Crippen LogP contribution in [-0.4, -0.2) is 18.2 Å². The van der Waals surface area contributed by atoms with Gasteiger partial charge in [-0.3, -0.25) is 4.79 Å². The molecule has 0 aliphatic carbocycles. The quantitative estimate of drug-likeness (QED) is 0.710. The zero-order valence-corrected chi connectivity index (χ0v) is 8.92. The number of aryl methyl sites for hydroxylation is 2. The SMILES string of the molecule is CCn1ccc(CCCNC)cc1=O. The minimum atomic E-state index is 0.106. The maximum atomic E-state index is 11.5. The van der Waals surface area contributed by atoms with Crippen molar-refractivity contribution >= 4 is 0 Å². The van der Waals surface area contributed by atoms with Crippen molar-refractivity contribution in [1.82, 2.24) is 9.88 Å². The van der Waals surface area contributed by atoms with Crippen LogP contribution in [0.4, 0.5) is 0 Å². The lowest BCUT2D eigenvalue weighted by Crippen LogP contribution is -2.18. The highest BCUT2D eigenvalue weighted by Crippen LogP contribution is 1.98. The third kappa shape index (κ3) is 3.00. The molecule has 3 heteroatoms. The van der Waals surface area contributed by atoms with E-state index in [1.54, 1.807) is 10.6 Å². The second-order valence-corrected chi connectivity index (χ2v) is 3.37. The summed E-state index contributed by atoms with van der Waals surface area (Å²) < 4.78 is 1.71. The molecule has 3 nitrogen and oxygen atoms in total. The van der Waals surface area contributed by atoms with Crippen LogP contribution in [0.5, 0.6) is 0 Å². The molecule has 0 unspecified atom stereocenters. The lowest BCUT2D eigenvalue weighted by molar-refractivity contribution is 0.704. The van der Waals surface area contributed by atoms with E-state index in [1.165, 1.54) is 0 Å². The van der Waals surface area contributed by atoms with E-state index in [4.69, 9.17) is 0 Å². The van der Waals surface area contributed by atoms with Gasteiger partial charge in [0.2, 0.25) is 0 Å². The summed E-state index contributed by atoms with van der Waals surface area (Å²) >= 11 is 0. The number of hydrogen-bond acceptors (Lipinski definition) is 2. The van der Waals surface area contributed by atoms with Gasteiger partial charge in [0.15, 0.2) is 0 Å². The predicted molar refractivity (Wildman–Crippen MR) is 58.6 cm³/mol. The first-order valence-electron chi connectivity index (χ1n) is 5.12. The van der Waals surface area contributed by atoms with E-state index < -0.39 is 0 Å². The van der Waals surface area contributed by atoms with Gasteiger partial charge in [0.25, 0.3) is 5.56 Å². The summed E-state index contributed by atoms with van der Waals surface area (Å²) in [5, 5.41) is 3.09. The molecule has 1 rings (SSSR count). The van der Waals surface area contributed by atoms with Gasteiger partial charge in [0.05, 0.1) is 0 Å². The van der Waals surface area contributed by atoms with Crippen molar-refractivity contribution in [2.45, 2.75) is 26.3 Å². The first-order chi connectivity index (χ1) is 6.77. The Morgan fingerprint density at radius 1 is 1.50 bits per heavy atom. The molecule has 0 aliphatic heterocycles. The summed E-state index contributed by atoms with van der Waals surface area (Å²) in [5.41, 5.74) is 1.24. The summed E-state index contributed by atoms with van der Waals surface area (Å²) in [4.78, 5) is 11.5. The molecule has 0 bridgehead atoms. The zero-order valence-electron chi connectivity index (χ0n) is 8.92. The van der Waals surface area contributed by atoms with Crippen LogP contribution >= 0.6 is 0 Å². The summed E-state index contributed by atoms with van der Waals surface area (Å²) in [5.74, 6) is 0. The lowest BCUT2D eigenvalue weighted by atomic mass is 10.1. The molecule has 0 aromatic carbocycles. The summed E-state index contributed by atoms with van der Waals surface area (Å²) in [6.07, 6.45) is 3.92. The molecule has 78 valence electrons. The fourth-order valence-corrected chi connectivity index (χ4v) is 1.43. The van der Waals surface area contributed by atoms with Crippen LogP contribution in [0.2, 0.25) is 0 Å². The molecule has 1 aromatic heterocycles. The van der Waals surface area contributed by atoms with Crippen LogP contribution in [0.1, 0.15) is 18.9 Å². The summed E-state index contributed by atoms with van der Waals surface area (Å²) in [6.45, 7) is 3.72. The number of hydrogen-bond donors (Lipinski definition) is 1. The molecule has 1 aromatic rings. The Morgan fingerprint density at radius 3 is 2.86 bits per heavy atom. The molecule has 0 spiro atoms. The van der Waals surface area contributed by atoms with Crippen LogP contribution < -0.4 is 10.9 Å². The van der Waals surface area contributed by atoms with Crippen molar-refractivity contribution in [1.29, 1.82) is 0 Å². The monoisotopic (exact) mass is 194 g/mol. The van der Waals surface area contributed by atoms with Crippen molar-refractivity contribution in [2.24, 2.45) is 0 Å². The second-order valence-electron chi connectivity index (χ2n) is 3.37. The van der Waals surface area contributed by atoms with E-state index >= 15 is 0 Å². The molecule has 0 aliphatic rings. The molecule has 0 fully saturated rings. The molecule has 0 atom stereocenters. The van der Waals surface area contributed by atoms with Crippen LogP contribution in [0.3, 0.4) is 0 Å². The minimum absolute atomic E-state index is 0.106. The second kappa shape index (κ2) is 5.60. The first kappa shape index (κ1) is 11.0. The first-order valence-corrected chi connectivity index (χ1v) is 5.12. The Morgan fingerprint density at radius 2 is 2.29 bits per heavy atom. The highest BCUT2D eigenvalue weighted by Gasteiger charge is 1.96. The van der Waals surface area contributed by atoms with Gasteiger partial charge in [0.1, 0.15) is 0 Å². The topological polar surface area (TPSA) is 34.0 Å². The molecular formula is C11H18N2O. The lowest BCUT2D eigenvalue weighted by Gasteiger charge is -2.04. The van der Waals surface area contributed by atoms with Crippen molar-refractivity contribution in [3.63, 3.8) is 0 Å². The zero-order chi connectivity index (χ0) is 10.4. The third-order valence-electron chi connectivity index (χ3n) is 2.29. The summed E-state index contributed by atoms with van der Waals surface area (Å²) in [6, 6.07) is 3.76. The van der Waals surface area contributed by atoms with Crippen molar-refractivity contribution in [2.75, 3.05) is 13.6 Å². The number of aromatic nitrogens is 1. The van der Waals surface area contributed by atoms with E-state index in [0.29, 0.717) is 0 Å². The Hall–Kier alpha value is -1.09. The molecule has 14 heavy (non-hydrogen) atoms. The minimum Gasteiger partial charge on any atom is -0.320 e. The van der Waals surface area contributed by atoms with Gasteiger partial charge < -0.3 is 9.88 Å². The highest BCUT2D eigenvalue weighted by atomic mass is 16.1. The standard InChI is InChI=1S/C11H18N2O/c1-3-13-8-6-10(9-11(13)14)5-4-7-12-2/h6,8-9,12H,3-5,7H2,1-2H3. The Labute approximate surface area is 84.8 Å². The predicted octanol–water partition coefficient (Wildman–Crippen LogP) is 1.02. The van der Waals surface area contributed by atoms with Gasteiger partial charge in [0, 0.05) is 18.8 Å². The maximum absolute atomic E-state index is 11.5. The van der Waals surface area contributed by atoms with E-state index in [-0.39, 0.29) is 5.56 Å². The van der Waals surface area contributed by atoms with Crippen LogP contribution in [0.15, 0.2) is 23.1 Å². The van der Waals surface area contributed by atoms with Crippen molar-refractivity contribution < 1.29 is 0 Å². The van der Waals surface area contributed by atoms with Crippen molar-refractivity contribution in [3.05, 3.63) is 34.2 Å². The van der Waals surface area contributed by atoms with Crippen LogP contribution in [0, 0.1) is 0 Å². The van der Waals surface area contributed by atoms with Gasteiger partial charge in [-0.2, -0.15) is 0 Å². The molecule has 0 amide bonds. The average molecular weight is 194 g/mol. The van der Waals surface area contributed by atoms with E-state index in [9.17, 15) is 4.79 Å². The molecule has 0 saturated heterocycles. The van der Waals surface area contributed by atoms with E-state index in [0.717, 1.165) is 31.5 Å². The molecule has 0 radical (unpaired) electrons. The molecule has 1 N–H and O–H groups in total. The fraction of sp³-hybridized carbons (Fsp3) is 0.545. The third-order valence-corrected chi connectivity index (χ3v) is 2.29. The van der Waals surface area contributed by atoms with E-state index in [1.807, 2.05) is 26.2 Å². The average Bonchev–Trinajstić information content (AvgIpc) is 2.18. The Bertz CT molecular complexity index is 330. The van der Waals surface area contributed by atoms with Gasteiger partial charge in [-0.25, -0.2) is 0 Å². The Kier molecular flexibility index (Phi) is 4.40. The number of nitrogens with one attached hydrogen (secondary N) is 1. The smallest absolute Gasteiger partial charge is 0.250 e. The number of rotatable bonds is 5. The fourth-order valence-electron chi connectivity index (χ4n) is 1.43. The van der Waals surface area contributed by atoms with Crippen molar-refractivity contribution in [3.8, 4) is 0 Å². The van der Waals surface area contributed by atoms with Gasteiger partial charge in [-0.05, 0) is 45.0 Å². The number of pyridine rings is 1.